The molecule has 3 rings (SSSR count). The van der Waals surface area contributed by atoms with Crippen molar-refractivity contribution >= 4 is 11.8 Å². The molecule has 6 nitrogen and oxygen atoms in total. The summed E-state index contributed by atoms with van der Waals surface area (Å²) in [4.78, 5) is 28.6. The smallest absolute Gasteiger partial charge is 0.290 e. The van der Waals surface area contributed by atoms with E-state index in [-0.39, 0.29) is 24.5 Å². The van der Waals surface area contributed by atoms with Crippen molar-refractivity contribution in [2.24, 2.45) is 0 Å². The summed E-state index contributed by atoms with van der Waals surface area (Å²) in [6.07, 6.45) is 5.55. The number of carbonyl (C=O) groups is 2. The number of hydrogen-bond donors (Lipinski definition) is 0. The molecule has 0 radical (unpaired) electrons. The summed E-state index contributed by atoms with van der Waals surface area (Å²) in [5, 5.41) is 0. The highest BCUT2D eigenvalue weighted by Crippen LogP contribution is 2.18. The highest BCUT2D eigenvalue weighted by Gasteiger charge is 2.29. The molecule has 0 bridgehead atoms. The molecule has 1 aromatic heterocycles. The number of nitrogens with zero attached hydrogens (tertiary/aromatic N) is 2. The first-order valence-electron chi connectivity index (χ1n) is 8.38. The highest BCUT2D eigenvalue weighted by atomic mass is 16.5. The highest BCUT2D eigenvalue weighted by molar-refractivity contribution is 5.95. The third-order valence-electron chi connectivity index (χ3n) is 4.58. The van der Waals surface area contributed by atoms with Crippen LogP contribution in [0.4, 0.5) is 0 Å². The zero-order valence-electron chi connectivity index (χ0n) is 13.6. The maximum Gasteiger partial charge on any atom is 0.290 e. The zero-order chi connectivity index (χ0) is 16.2. The van der Waals surface area contributed by atoms with Crippen LogP contribution in [0.2, 0.25) is 0 Å². The van der Waals surface area contributed by atoms with Gasteiger partial charge in [-0.25, -0.2) is 0 Å². The second-order valence-electron chi connectivity index (χ2n) is 6.34. The number of rotatable bonds is 5. The Morgan fingerprint density at radius 2 is 2.09 bits per heavy atom. The molecule has 2 saturated heterocycles. The van der Waals surface area contributed by atoms with Crippen molar-refractivity contribution in [3.05, 3.63) is 23.7 Å². The first kappa shape index (κ1) is 16.1. The first-order chi connectivity index (χ1) is 11.1. The maximum atomic E-state index is 12.8. The Hall–Kier alpha value is -1.82. The van der Waals surface area contributed by atoms with Gasteiger partial charge in [-0.1, -0.05) is 0 Å². The molecule has 0 saturated carbocycles. The van der Waals surface area contributed by atoms with Crippen LogP contribution in [-0.4, -0.2) is 60.5 Å². The van der Waals surface area contributed by atoms with Gasteiger partial charge in [0.2, 0.25) is 5.91 Å². The van der Waals surface area contributed by atoms with Crippen molar-refractivity contribution in [3.8, 4) is 0 Å². The summed E-state index contributed by atoms with van der Waals surface area (Å²) in [7, 11) is 0. The van der Waals surface area contributed by atoms with Gasteiger partial charge in [0.15, 0.2) is 5.76 Å². The summed E-state index contributed by atoms with van der Waals surface area (Å²) >= 11 is 0. The van der Waals surface area contributed by atoms with Crippen molar-refractivity contribution in [1.82, 2.24) is 9.80 Å². The average molecular weight is 320 g/mol. The molecule has 1 atom stereocenters. The molecule has 0 N–H and O–H groups in total. The van der Waals surface area contributed by atoms with Crippen molar-refractivity contribution in [2.75, 3.05) is 32.8 Å². The third-order valence-corrected chi connectivity index (χ3v) is 4.58. The van der Waals surface area contributed by atoms with Crippen LogP contribution < -0.4 is 0 Å². The van der Waals surface area contributed by atoms with Gasteiger partial charge in [0.25, 0.3) is 5.91 Å². The van der Waals surface area contributed by atoms with Gasteiger partial charge in [-0.2, -0.15) is 0 Å². The molecule has 23 heavy (non-hydrogen) atoms. The van der Waals surface area contributed by atoms with E-state index in [0.717, 1.165) is 50.9 Å². The average Bonchev–Trinajstić information content (AvgIpc) is 3.28. The SMILES string of the molecule is Cc1ccoc1C(=O)N(CC(=O)N1CCCC1)CC1CCCO1. The van der Waals surface area contributed by atoms with E-state index in [1.807, 2.05) is 11.8 Å². The second-order valence-corrected chi connectivity index (χ2v) is 6.34. The Morgan fingerprint density at radius 3 is 2.70 bits per heavy atom. The van der Waals surface area contributed by atoms with Crippen LogP contribution in [0.15, 0.2) is 16.7 Å². The Morgan fingerprint density at radius 1 is 1.30 bits per heavy atom. The Balaban J connectivity index is 1.71. The van der Waals surface area contributed by atoms with Gasteiger partial charge in [-0.3, -0.25) is 9.59 Å². The molecule has 0 aromatic carbocycles. The van der Waals surface area contributed by atoms with Gasteiger partial charge >= 0.3 is 0 Å². The number of amides is 2. The van der Waals surface area contributed by atoms with Crippen LogP contribution in [-0.2, 0) is 9.53 Å². The van der Waals surface area contributed by atoms with Gasteiger partial charge in [0, 0.05) is 31.8 Å². The number of carbonyl (C=O) groups excluding carboxylic acids is 2. The molecule has 0 spiro atoms. The maximum absolute atomic E-state index is 12.8. The lowest BCUT2D eigenvalue weighted by Crippen LogP contribution is -2.45. The molecule has 2 amide bonds. The van der Waals surface area contributed by atoms with E-state index >= 15 is 0 Å². The minimum atomic E-state index is -0.226. The molecular weight excluding hydrogens is 296 g/mol. The normalized spacial score (nSPS) is 20.9. The summed E-state index contributed by atoms with van der Waals surface area (Å²) in [6, 6.07) is 1.76. The molecule has 2 fully saturated rings. The predicted octanol–water partition coefficient (Wildman–Crippen LogP) is 1.83. The summed E-state index contributed by atoms with van der Waals surface area (Å²) < 4.78 is 11.0. The minimum absolute atomic E-state index is 0.0121. The summed E-state index contributed by atoms with van der Waals surface area (Å²) in [6.45, 7) is 4.69. The number of ether oxygens (including phenoxy) is 1. The van der Waals surface area contributed by atoms with Gasteiger partial charge in [0.1, 0.15) is 6.54 Å². The lowest BCUT2D eigenvalue weighted by atomic mass is 10.2. The topological polar surface area (TPSA) is 63.0 Å². The monoisotopic (exact) mass is 320 g/mol. The van der Waals surface area contributed by atoms with Crippen LogP contribution in [0, 0.1) is 6.92 Å². The van der Waals surface area contributed by atoms with Crippen LogP contribution >= 0.6 is 0 Å². The fourth-order valence-corrected chi connectivity index (χ4v) is 3.22. The van der Waals surface area contributed by atoms with Crippen molar-refractivity contribution in [1.29, 1.82) is 0 Å². The summed E-state index contributed by atoms with van der Waals surface area (Å²) in [5.74, 6) is 0.103. The van der Waals surface area contributed by atoms with E-state index in [1.165, 1.54) is 6.26 Å². The quantitative estimate of drug-likeness (QED) is 0.830. The fourth-order valence-electron chi connectivity index (χ4n) is 3.22. The Kier molecular flexibility index (Phi) is 5.00. The largest absolute Gasteiger partial charge is 0.459 e. The summed E-state index contributed by atoms with van der Waals surface area (Å²) in [5.41, 5.74) is 0.793. The van der Waals surface area contributed by atoms with Crippen molar-refractivity contribution < 1.29 is 18.7 Å². The molecule has 126 valence electrons. The predicted molar refractivity (Wildman–Crippen MR) is 84.1 cm³/mol. The molecule has 2 aliphatic heterocycles. The van der Waals surface area contributed by atoms with Gasteiger partial charge in [-0.05, 0) is 38.7 Å². The van der Waals surface area contributed by atoms with Gasteiger partial charge < -0.3 is 19.0 Å². The van der Waals surface area contributed by atoms with Crippen LogP contribution in [0.3, 0.4) is 0 Å². The minimum Gasteiger partial charge on any atom is -0.459 e. The molecule has 6 heteroatoms. The second kappa shape index (κ2) is 7.17. The number of hydrogen-bond acceptors (Lipinski definition) is 4. The van der Waals surface area contributed by atoms with Gasteiger partial charge in [-0.15, -0.1) is 0 Å². The van der Waals surface area contributed by atoms with E-state index in [2.05, 4.69) is 0 Å². The van der Waals surface area contributed by atoms with Crippen LogP contribution in [0.1, 0.15) is 41.8 Å². The molecular formula is C17H24N2O4. The Labute approximate surface area is 136 Å². The molecule has 0 aliphatic carbocycles. The lowest BCUT2D eigenvalue weighted by Gasteiger charge is -2.26. The van der Waals surface area contributed by atoms with E-state index in [9.17, 15) is 9.59 Å². The van der Waals surface area contributed by atoms with E-state index in [0.29, 0.717) is 12.3 Å². The molecule has 1 aromatic rings. The number of likely N-dealkylation sites (tertiary alicyclic amines) is 1. The van der Waals surface area contributed by atoms with E-state index < -0.39 is 0 Å². The third kappa shape index (κ3) is 3.75. The van der Waals surface area contributed by atoms with E-state index in [1.54, 1.807) is 11.0 Å². The first-order valence-corrected chi connectivity index (χ1v) is 8.38. The Bertz CT molecular complexity index is 557. The van der Waals surface area contributed by atoms with E-state index in [4.69, 9.17) is 9.15 Å². The van der Waals surface area contributed by atoms with Crippen LogP contribution in [0.5, 0.6) is 0 Å². The zero-order valence-corrected chi connectivity index (χ0v) is 13.6. The standard InChI is InChI=1S/C17H24N2O4/c1-13-6-10-23-16(13)17(21)19(11-14-5-4-9-22-14)12-15(20)18-7-2-3-8-18/h6,10,14H,2-5,7-9,11-12H2,1H3. The molecule has 1 unspecified atom stereocenters. The van der Waals surface area contributed by atoms with Crippen molar-refractivity contribution in [2.45, 2.75) is 38.7 Å². The molecule has 3 heterocycles. The lowest BCUT2D eigenvalue weighted by molar-refractivity contribution is -0.131. The number of furan rings is 1. The molecule has 2 aliphatic rings. The number of aryl methyl sites for hydroxylation is 1. The van der Waals surface area contributed by atoms with Crippen molar-refractivity contribution in [3.63, 3.8) is 0 Å². The fraction of sp³-hybridized carbons (Fsp3) is 0.647. The van der Waals surface area contributed by atoms with Crippen LogP contribution in [0.25, 0.3) is 0 Å². The van der Waals surface area contributed by atoms with Gasteiger partial charge in [0.05, 0.1) is 12.4 Å².